The van der Waals surface area contributed by atoms with Crippen LogP contribution in [0, 0.1) is 5.82 Å². The Hall–Kier alpha value is -3.55. The predicted molar refractivity (Wildman–Crippen MR) is 102 cm³/mol. The van der Waals surface area contributed by atoms with E-state index in [2.05, 4.69) is 10.6 Å². The van der Waals surface area contributed by atoms with Crippen molar-refractivity contribution in [1.29, 1.82) is 0 Å². The number of carbonyl (C=O) groups is 4. The van der Waals surface area contributed by atoms with E-state index >= 15 is 0 Å². The first-order valence-corrected chi connectivity index (χ1v) is 9.19. The molecule has 0 aromatic heterocycles. The average Bonchev–Trinajstić information content (AvgIpc) is 3.04. The standard InChI is InChI=1S/C21H20FN3O4/c22-17-4-2-1-3-16(17)21(29)24-12-11-23-20(28)15-7-5-14(6-8-15)13-25-18(26)9-10-19(25)27/h1-8H,9-13H2,(H,23,28)(H,24,29). The highest BCUT2D eigenvalue weighted by Crippen LogP contribution is 2.16. The first kappa shape index (κ1) is 20.2. The van der Waals surface area contributed by atoms with Crippen LogP contribution in [-0.4, -0.2) is 41.6 Å². The van der Waals surface area contributed by atoms with Crippen LogP contribution in [0.4, 0.5) is 4.39 Å². The zero-order valence-electron chi connectivity index (χ0n) is 15.6. The largest absolute Gasteiger partial charge is 0.350 e. The third-order valence-corrected chi connectivity index (χ3v) is 4.53. The minimum absolute atomic E-state index is 0.0515. The van der Waals surface area contributed by atoms with Crippen molar-refractivity contribution in [3.05, 3.63) is 71.0 Å². The Morgan fingerprint density at radius 1 is 0.862 bits per heavy atom. The van der Waals surface area contributed by atoms with Crippen molar-refractivity contribution in [2.24, 2.45) is 0 Å². The molecule has 1 fully saturated rings. The monoisotopic (exact) mass is 397 g/mol. The predicted octanol–water partition coefficient (Wildman–Crippen LogP) is 1.63. The van der Waals surface area contributed by atoms with Gasteiger partial charge >= 0.3 is 0 Å². The maximum atomic E-state index is 13.5. The molecule has 0 aliphatic carbocycles. The summed E-state index contributed by atoms with van der Waals surface area (Å²) in [5.74, 6) is -1.85. The lowest BCUT2D eigenvalue weighted by Gasteiger charge is -2.14. The van der Waals surface area contributed by atoms with Crippen LogP contribution in [0.15, 0.2) is 48.5 Å². The Morgan fingerprint density at radius 2 is 1.45 bits per heavy atom. The summed E-state index contributed by atoms with van der Waals surface area (Å²) in [6.45, 7) is 0.523. The Morgan fingerprint density at radius 3 is 2.07 bits per heavy atom. The van der Waals surface area contributed by atoms with Crippen LogP contribution >= 0.6 is 0 Å². The summed E-state index contributed by atoms with van der Waals surface area (Å²) in [7, 11) is 0. The molecule has 7 nitrogen and oxygen atoms in total. The Labute approximate surface area is 166 Å². The van der Waals surface area contributed by atoms with E-state index in [0.717, 1.165) is 5.56 Å². The molecule has 4 amide bonds. The van der Waals surface area contributed by atoms with E-state index < -0.39 is 11.7 Å². The van der Waals surface area contributed by atoms with Gasteiger partial charge in [-0.2, -0.15) is 0 Å². The van der Waals surface area contributed by atoms with Crippen molar-refractivity contribution >= 4 is 23.6 Å². The second-order valence-electron chi connectivity index (χ2n) is 6.56. The van der Waals surface area contributed by atoms with Gasteiger partial charge < -0.3 is 10.6 Å². The second-order valence-corrected chi connectivity index (χ2v) is 6.56. The van der Waals surface area contributed by atoms with Crippen molar-refractivity contribution in [3.8, 4) is 0 Å². The quantitative estimate of drug-likeness (QED) is 0.548. The fourth-order valence-corrected chi connectivity index (χ4v) is 2.94. The molecule has 29 heavy (non-hydrogen) atoms. The molecule has 0 bridgehead atoms. The molecule has 0 saturated carbocycles. The fourth-order valence-electron chi connectivity index (χ4n) is 2.94. The molecule has 2 N–H and O–H groups in total. The molecule has 0 radical (unpaired) electrons. The van der Waals surface area contributed by atoms with Gasteiger partial charge in [-0.15, -0.1) is 0 Å². The van der Waals surface area contributed by atoms with Crippen LogP contribution in [0.2, 0.25) is 0 Å². The van der Waals surface area contributed by atoms with E-state index in [4.69, 9.17) is 0 Å². The molecular formula is C21H20FN3O4. The minimum Gasteiger partial charge on any atom is -0.350 e. The zero-order valence-corrected chi connectivity index (χ0v) is 15.6. The Bertz CT molecular complexity index is 927. The summed E-state index contributed by atoms with van der Waals surface area (Å²) in [6, 6.07) is 12.2. The maximum absolute atomic E-state index is 13.5. The molecule has 2 aromatic carbocycles. The lowest BCUT2D eigenvalue weighted by molar-refractivity contribution is -0.139. The summed E-state index contributed by atoms with van der Waals surface area (Å²) < 4.78 is 13.5. The van der Waals surface area contributed by atoms with E-state index in [0.29, 0.717) is 5.56 Å². The number of imide groups is 1. The SMILES string of the molecule is O=C(NCCNC(=O)c1ccccc1F)c1ccc(CN2C(=O)CCC2=O)cc1. The molecule has 3 rings (SSSR count). The number of rotatable bonds is 7. The van der Waals surface area contributed by atoms with Crippen LogP contribution in [0.1, 0.15) is 39.1 Å². The van der Waals surface area contributed by atoms with Crippen LogP contribution in [0.25, 0.3) is 0 Å². The lowest BCUT2D eigenvalue weighted by Crippen LogP contribution is -2.35. The van der Waals surface area contributed by atoms with Crippen molar-refractivity contribution in [1.82, 2.24) is 15.5 Å². The fraction of sp³-hybridized carbons (Fsp3) is 0.238. The number of nitrogens with zero attached hydrogens (tertiary/aromatic N) is 1. The highest BCUT2D eigenvalue weighted by atomic mass is 19.1. The molecule has 0 unspecified atom stereocenters. The molecule has 8 heteroatoms. The van der Waals surface area contributed by atoms with Gasteiger partial charge in [0.1, 0.15) is 5.82 Å². The summed E-state index contributed by atoms with van der Waals surface area (Å²) in [5.41, 5.74) is 1.11. The number of hydrogen-bond acceptors (Lipinski definition) is 4. The summed E-state index contributed by atoms with van der Waals surface area (Å²) in [4.78, 5) is 48.6. The normalized spacial score (nSPS) is 13.5. The van der Waals surface area contributed by atoms with Crippen LogP contribution < -0.4 is 10.6 Å². The summed E-state index contributed by atoms with van der Waals surface area (Å²) in [6.07, 6.45) is 0.486. The molecule has 1 saturated heterocycles. The van der Waals surface area contributed by atoms with Gasteiger partial charge in [0.15, 0.2) is 0 Å². The zero-order chi connectivity index (χ0) is 20.8. The van der Waals surface area contributed by atoms with Gasteiger partial charge in [0.05, 0.1) is 12.1 Å². The molecular weight excluding hydrogens is 377 g/mol. The summed E-state index contributed by atoms with van der Waals surface area (Å²) >= 11 is 0. The van der Waals surface area contributed by atoms with E-state index in [-0.39, 0.29) is 55.8 Å². The molecule has 150 valence electrons. The van der Waals surface area contributed by atoms with Gasteiger partial charge in [-0.25, -0.2) is 4.39 Å². The number of halogens is 1. The Balaban J connectivity index is 1.45. The Kier molecular flexibility index (Phi) is 6.33. The minimum atomic E-state index is -0.605. The first-order chi connectivity index (χ1) is 14.0. The third kappa shape index (κ3) is 5.04. The van der Waals surface area contributed by atoms with Gasteiger partial charge in [0.25, 0.3) is 11.8 Å². The highest BCUT2D eigenvalue weighted by molar-refractivity contribution is 6.01. The van der Waals surface area contributed by atoms with Crippen molar-refractivity contribution in [2.45, 2.75) is 19.4 Å². The highest BCUT2D eigenvalue weighted by Gasteiger charge is 2.28. The number of hydrogen-bond donors (Lipinski definition) is 2. The van der Waals surface area contributed by atoms with Crippen molar-refractivity contribution in [3.63, 3.8) is 0 Å². The lowest BCUT2D eigenvalue weighted by atomic mass is 10.1. The summed E-state index contributed by atoms with van der Waals surface area (Å²) in [5, 5.41) is 5.20. The van der Waals surface area contributed by atoms with Crippen LogP contribution in [0.3, 0.4) is 0 Å². The molecule has 1 aliphatic heterocycles. The van der Waals surface area contributed by atoms with Gasteiger partial charge in [0, 0.05) is 31.5 Å². The number of likely N-dealkylation sites (tertiary alicyclic amines) is 1. The van der Waals surface area contributed by atoms with Crippen molar-refractivity contribution < 1.29 is 23.6 Å². The average molecular weight is 397 g/mol. The van der Waals surface area contributed by atoms with E-state index in [9.17, 15) is 23.6 Å². The molecule has 1 aliphatic rings. The second kappa shape index (κ2) is 9.09. The topological polar surface area (TPSA) is 95.6 Å². The number of benzene rings is 2. The van der Waals surface area contributed by atoms with E-state index in [1.807, 2.05) is 0 Å². The van der Waals surface area contributed by atoms with Gasteiger partial charge in [0.2, 0.25) is 11.8 Å². The maximum Gasteiger partial charge on any atom is 0.254 e. The van der Waals surface area contributed by atoms with Gasteiger partial charge in [-0.1, -0.05) is 24.3 Å². The smallest absolute Gasteiger partial charge is 0.254 e. The van der Waals surface area contributed by atoms with E-state index in [1.54, 1.807) is 30.3 Å². The van der Waals surface area contributed by atoms with E-state index in [1.165, 1.54) is 23.1 Å². The number of nitrogens with one attached hydrogen (secondary N) is 2. The van der Waals surface area contributed by atoms with Crippen molar-refractivity contribution in [2.75, 3.05) is 13.1 Å². The molecule has 1 heterocycles. The third-order valence-electron chi connectivity index (χ3n) is 4.53. The van der Waals surface area contributed by atoms with Gasteiger partial charge in [-0.3, -0.25) is 24.1 Å². The van der Waals surface area contributed by atoms with Gasteiger partial charge in [-0.05, 0) is 29.8 Å². The first-order valence-electron chi connectivity index (χ1n) is 9.19. The number of amides is 4. The van der Waals surface area contributed by atoms with Crippen LogP contribution in [0.5, 0.6) is 0 Å². The number of carbonyl (C=O) groups excluding carboxylic acids is 4. The molecule has 0 atom stereocenters. The molecule has 0 spiro atoms. The van der Waals surface area contributed by atoms with Crippen LogP contribution in [-0.2, 0) is 16.1 Å². The molecule has 2 aromatic rings.